The molecule has 0 spiro atoms. The second-order valence-corrected chi connectivity index (χ2v) is 5.29. The van der Waals surface area contributed by atoms with Gasteiger partial charge < -0.3 is 10.1 Å². The molecular formula is C16H10ClF3N2O. The number of hydrogen-bond donors (Lipinski definition) is 2. The van der Waals surface area contributed by atoms with Gasteiger partial charge in [-0.15, -0.1) is 0 Å². The number of H-pyrrole nitrogens is 1. The molecule has 23 heavy (non-hydrogen) atoms. The average molecular weight is 339 g/mol. The standard InChI is InChI=1S/C16H10ClF3N2O/c17-9-5-6-13-10(7-9)11(15(23)22-13)8-21-14-4-2-1-3-12(14)16(18,19)20/h1-8,22-23H. The Morgan fingerprint density at radius 1 is 1.13 bits per heavy atom. The number of halogens is 4. The lowest BCUT2D eigenvalue weighted by Crippen LogP contribution is -2.04. The van der Waals surface area contributed by atoms with Gasteiger partial charge in [-0.2, -0.15) is 13.2 Å². The molecule has 0 atom stereocenters. The van der Waals surface area contributed by atoms with Crippen molar-refractivity contribution >= 4 is 34.4 Å². The summed E-state index contributed by atoms with van der Waals surface area (Å²) in [6, 6.07) is 9.89. The van der Waals surface area contributed by atoms with Gasteiger partial charge in [-0.3, -0.25) is 4.99 Å². The molecule has 1 heterocycles. The third kappa shape index (κ3) is 3.03. The summed E-state index contributed by atoms with van der Waals surface area (Å²) < 4.78 is 38.9. The van der Waals surface area contributed by atoms with Gasteiger partial charge in [0.1, 0.15) is 0 Å². The Bertz CT molecular complexity index is 900. The van der Waals surface area contributed by atoms with E-state index in [2.05, 4.69) is 9.98 Å². The summed E-state index contributed by atoms with van der Waals surface area (Å²) in [5.41, 5.74) is -0.179. The van der Waals surface area contributed by atoms with Crippen molar-refractivity contribution in [2.75, 3.05) is 0 Å². The Morgan fingerprint density at radius 3 is 2.61 bits per heavy atom. The number of aliphatic imine (C=N–C) groups is 1. The van der Waals surface area contributed by atoms with Gasteiger partial charge in [0, 0.05) is 22.1 Å². The van der Waals surface area contributed by atoms with Crippen molar-refractivity contribution < 1.29 is 18.3 Å². The molecule has 0 unspecified atom stereocenters. The van der Waals surface area contributed by atoms with Crippen LogP contribution in [0.4, 0.5) is 18.9 Å². The van der Waals surface area contributed by atoms with Gasteiger partial charge >= 0.3 is 6.18 Å². The average Bonchev–Trinajstić information content (AvgIpc) is 2.79. The molecule has 118 valence electrons. The highest BCUT2D eigenvalue weighted by atomic mass is 35.5. The number of nitrogens with one attached hydrogen (secondary N) is 1. The second kappa shape index (κ2) is 5.62. The van der Waals surface area contributed by atoms with E-state index in [1.54, 1.807) is 18.2 Å². The van der Waals surface area contributed by atoms with Crippen molar-refractivity contribution in [3.63, 3.8) is 0 Å². The van der Waals surface area contributed by atoms with Crippen LogP contribution in [0.2, 0.25) is 5.02 Å². The summed E-state index contributed by atoms with van der Waals surface area (Å²) in [7, 11) is 0. The molecule has 0 aliphatic heterocycles. The fraction of sp³-hybridized carbons (Fsp3) is 0.0625. The molecule has 0 amide bonds. The summed E-state index contributed by atoms with van der Waals surface area (Å²) in [6.07, 6.45) is -3.31. The van der Waals surface area contributed by atoms with Crippen molar-refractivity contribution in [1.82, 2.24) is 4.98 Å². The minimum Gasteiger partial charge on any atom is -0.494 e. The quantitative estimate of drug-likeness (QED) is 0.612. The normalized spacial score (nSPS) is 12.3. The van der Waals surface area contributed by atoms with Gasteiger partial charge in [-0.1, -0.05) is 23.7 Å². The first-order valence-corrected chi connectivity index (χ1v) is 6.94. The third-order valence-electron chi connectivity index (χ3n) is 3.32. The molecule has 0 aliphatic carbocycles. The first-order valence-electron chi connectivity index (χ1n) is 6.57. The number of rotatable bonds is 2. The molecule has 0 fully saturated rings. The fourth-order valence-electron chi connectivity index (χ4n) is 2.26. The first-order chi connectivity index (χ1) is 10.9. The van der Waals surface area contributed by atoms with E-state index in [1.807, 2.05) is 0 Å². The number of fused-ring (bicyclic) bond motifs is 1. The van der Waals surface area contributed by atoms with E-state index in [1.165, 1.54) is 24.4 Å². The van der Waals surface area contributed by atoms with Crippen LogP contribution in [0.5, 0.6) is 5.88 Å². The molecular weight excluding hydrogens is 329 g/mol. The molecule has 0 radical (unpaired) electrons. The van der Waals surface area contributed by atoms with E-state index in [4.69, 9.17) is 11.6 Å². The van der Waals surface area contributed by atoms with Crippen LogP contribution in [0.25, 0.3) is 10.9 Å². The number of hydrogen-bond acceptors (Lipinski definition) is 2. The molecule has 0 saturated carbocycles. The number of para-hydroxylation sites is 1. The Hall–Kier alpha value is -2.47. The third-order valence-corrected chi connectivity index (χ3v) is 3.56. The molecule has 3 rings (SSSR count). The molecule has 2 N–H and O–H groups in total. The zero-order valence-corrected chi connectivity index (χ0v) is 12.3. The van der Waals surface area contributed by atoms with Crippen molar-refractivity contribution in [2.45, 2.75) is 6.18 Å². The molecule has 1 aromatic heterocycles. The lowest BCUT2D eigenvalue weighted by Gasteiger charge is -2.08. The van der Waals surface area contributed by atoms with Crippen LogP contribution >= 0.6 is 11.6 Å². The number of aromatic nitrogens is 1. The van der Waals surface area contributed by atoms with E-state index >= 15 is 0 Å². The summed E-state index contributed by atoms with van der Waals surface area (Å²) in [5, 5.41) is 10.9. The lowest BCUT2D eigenvalue weighted by molar-refractivity contribution is -0.137. The topological polar surface area (TPSA) is 48.4 Å². The molecule has 3 nitrogen and oxygen atoms in total. The zero-order chi connectivity index (χ0) is 16.6. The second-order valence-electron chi connectivity index (χ2n) is 4.85. The van der Waals surface area contributed by atoms with Crippen molar-refractivity contribution in [2.24, 2.45) is 4.99 Å². The zero-order valence-electron chi connectivity index (χ0n) is 11.5. The van der Waals surface area contributed by atoms with Gasteiger partial charge in [0.05, 0.1) is 16.8 Å². The Kier molecular flexibility index (Phi) is 3.77. The Morgan fingerprint density at radius 2 is 1.87 bits per heavy atom. The van der Waals surface area contributed by atoms with E-state index in [9.17, 15) is 18.3 Å². The van der Waals surface area contributed by atoms with Crippen LogP contribution in [0.15, 0.2) is 47.5 Å². The lowest BCUT2D eigenvalue weighted by atomic mass is 10.1. The Balaban J connectivity index is 2.08. The van der Waals surface area contributed by atoms with Crippen LogP contribution in [-0.4, -0.2) is 16.3 Å². The van der Waals surface area contributed by atoms with Crippen molar-refractivity contribution in [1.29, 1.82) is 0 Å². The molecule has 0 bridgehead atoms. The predicted molar refractivity (Wildman–Crippen MR) is 83.7 cm³/mol. The summed E-state index contributed by atoms with van der Waals surface area (Å²) in [6.45, 7) is 0. The van der Waals surface area contributed by atoms with Gasteiger partial charge in [0.25, 0.3) is 0 Å². The Labute approximate surface area is 134 Å². The van der Waals surface area contributed by atoms with Gasteiger partial charge in [-0.05, 0) is 30.3 Å². The summed E-state index contributed by atoms with van der Waals surface area (Å²) in [4.78, 5) is 6.61. The number of aromatic hydroxyl groups is 1. The molecule has 7 heteroatoms. The van der Waals surface area contributed by atoms with E-state index in [0.29, 0.717) is 15.9 Å². The number of nitrogens with zero attached hydrogens (tertiary/aromatic N) is 1. The highest BCUT2D eigenvalue weighted by molar-refractivity contribution is 6.31. The molecule has 0 aliphatic rings. The number of aromatic amines is 1. The number of benzene rings is 2. The van der Waals surface area contributed by atoms with E-state index in [-0.39, 0.29) is 17.1 Å². The first kappa shape index (κ1) is 15.4. The van der Waals surface area contributed by atoms with Crippen LogP contribution in [0, 0.1) is 0 Å². The number of alkyl halides is 3. The maximum absolute atomic E-state index is 13.0. The van der Waals surface area contributed by atoms with Gasteiger partial charge in [0.2, 0.25) is 0 Å². The molecule has 3 aromatic rings. The van der Waals surface area contributed by atoms with Crippen molar-refractivity contribution in [3.8, 4) is 5.88 Å². The van der Waals surface area contributed by atoms with Gasteiger partial charge in [-0.25, -0.2) is 0 Å². The summed E-state index contributed by atoms with van der Waals surface area (Å²) >= 11 is 5.91. The minimum absolute atomic E-state index is 0.185. The predicted octanol–water partition coefficient (Wildman–Crippen LogP) is 5.30. The highest BCUT2D eigenvalue weighted by Crippen LogP contribution is 2.36. The van der Waals surface area contributed by atoms with Gasteiger partial charge in [0.15, 0.2) is 5.88 Å². The maximum atomic E-state index is 13.0. The molecule has 2 aromatic carbocycles. The highest BCUT2D eigenvalue weighted by Gasteiger charge is 2.33. The van der Waals surface area contributed by atoms with Crippen LogP contribution in [0.1, 0.15) is 11.1 Å². The minimum atomic E-state index is -4.50. The van der Waals surface area contributed by atoms with E-state index in [0.717, 1.165) is 6.07 Å². The largest absolute Gasteiger partial charge is 0.494 e. The SMILES string of the molecule is Oc1[nH]c2ccc(Cl)cc2c1C=Nc1ccccc1C(F)(F)F. The fourth-order valence-corrected chi connectivity index (χ4v) is 2.43. The molecule has 0 saturated heterocycles. The van der Waals surface area contributed by atoms with Crippen molar-refractivity contribution in [3.05, 3.63) is 58.6 Å². The van der Waals surface area contributed by atoms with Crippen LogP contribution < -0.4 is 0 Å². The van der Waals surface area contributed by atoms with E-state index < -0.39 is 11.7 Å². The van der Waals surface area contributed by atoms with Crippen LogP contribution in [0.3, 0.4) is 0 Å². The van der Waals surface area contributed by atoms with Crippen LogP contribution in [-0.2, 0) is 6.18 Å². The maximum Gasteiger partial charge on any atom is 0.418 e. The smallest absolute Gasteiger partial charge is 0.418 e. The monoisotopic (exact) mass is 338 g/mol. The summed E-state index contributed by atoms with van der Waals surface area (Å²) in [5.74, 6) is -0.185.